The summed E-state index contributed by atoms with van der Waals surface area (Å²) in [6.07, 6.45) is 12.2. The lowest BCUT2D eigenvalue weighted by atomic mass is 9.84. The third kappa shape index (κ3) is 4.71. The molecule has 1 saturated carbocycles. The molecule has 1 atom stereocenters. The highest BCUT2D eigenvalue weighted by molar-refractivity contribution is 5.67. The molecule has 24 heavy (non-hydrogen) atoms. The van der Waals surface area contributed by atoms with Gasteiger partial charge >= 0.3 is 5.97 Å². The lowest BCUT2D eigenvalue weighted by Gasteiger charge is -2.21. The molecule has 6 nitrogen and oxygen atoms in total. The van der Waals surface area contributed by atoms with Crippen LogP contribution in [0.25, 0.3) is 0 Å². The normalized spacial score (nSPS) is 20.4. The minimum Gasteiger partial charge on any atom is -0.481 e. The fourth-order valence-corrected chi connectivity index (χ4v) is 4.09. The Morgan fingerprint density at radius 1 is 1.21 bits per heavy atom. The first-order valence-corrected chi connectivity index (χ1v) is 9.52. The molecule has 0 bridgehead atoms. The molecule has 1 aromatic heterocycles. The van der Waals surface area contributed by atoms with E-state index in [1.807, 2.05) is 0 Å². The highest BCUT2D eigenvalue weighted by Crippen LogP contribution is 2.31. The molecule has 1 aromatic rings. The molecule has 1 aliphatic heterocycles. The smallest absolute Gasteiger partial charge is 0.304 e. The molecule has 1 N–H and O–H groups in total. The molecule has 6 heteroatoms. The SMILES string of the molecule is O=C(O)C[C@@H](CCCC1CCCCC1)c1nc(N2CCCC2)no1. The molecule has 0 spiro atoms. The van der Waals surface area contributed by atoms with Crippen LogP contribution in [-0.2, 0) is 4.79 Å². The van der Waals surface area contributed by atoms with Gasteiger partial charge in [-0.1, -0.05) is 44.9 Å². The van der Waals surface area contributed by atoms with Crippen molar-refractivity contribution in [1.82, 2.24) is 10.1 Å². The largest absolute Gasteiger partial charge is 0.481 e. The number of carboxylic acids is 1. The second kappa shape index (κ2) is 8.49. The zero-order valence-corrected chi connectivity index (χ0v) is 14.5. The number of nitrogens with zero attached hydrogens (tertiary/aromatic N) is 3. The van der Waals surface area contributed by atoms with Crippen LogP contribution in [0.5, 0.6) is 0 Å². The van der Waals surface area contributed by atoms with Crippen LogP contribution < -0.4 is 4.90 Å². The summed E-state index contributed by atoms with van der Waals surface area (Å²) in [5.41, 5.74) is 0. The van der Waals surface area contributed by atoms with E-state index in [0.717, 1.165) is 44.7 Å². The van der Waals surface area contributed by atoms with Crippen LogP contribution in [0.4, 0.5) is 5.95 Å². The fourth-order valence-electron chi connectivity index (χ4n) is 4.09. The number of hydrogen-bond donors (Lipinski definition) is 1. The summed E-state index contributed by atoms with van der Waals surface area (Å²) in [5, 5.41) is 13.3. The summed E-state index contributed by atoms with van der Waals surface area (Å²) in [4.78, 5) is 17.8. The quantitative estimate of drug-likeness (QED) is 0.774. The Bertz CT molecular complexity index is 519. The number of aromatic nitrogens is 2. The standard InChI is InChI=1S/C18H29N3O3/c22-16(23)13-15(10-6-9-14-7-2-1-3-8-14)17-19-18(20-24-17)21-11-4-5-12-21/h14-15H,1-13H2,(H,22,23)/t15-/m1/s1. The minimum atomic E-state index is -0.793. The maximum atomic E-state index is 11.2. The molecule has 1 aliphatic carbocycles. The first-order chi connectivity index (χ1) is 11.7. The molecule has 3 rings (SSSR count). The van der Waals surface area contributed by atoms with E-state index in [4.69, 9.17) is 4.52 Å². The van der Waals surface area contributed by atoms with Crippen molar-refractivity contribution in [2.24, 2.45) is 5.92 Å². The summed E-state index contributed by atoms with van der Waals surface area (Å²) >= 11 is 0. The van der Waals surface area contributed by atoms with Crippen LogP contribution in [0.15, 0.2) is 4.52 Å². The van der Waals surface area contributed by atoms with Crippen LogP contribution in [0.2, 0.25) is 0 Å². The zero-order valence-electron chi connectivity index (χ0n) is 14.5. The fraction of sp³-hybridized carbons (Fsp3) is 0.833. The number of rotatable bonds is 8. The second-order valence-electron chi connectivity index (χ2n) is 7.36. The van der Waals surface area contributed by atoms with Crippen LogP contribution in [0, 0.1) is 5.92 Å². The maximum absolute atomic E-state index is 11.2. The summed E-state index contributed by atoms with van der Waals surface area (Å²) in [5.74, 6) is 1.01. The number of aliphatic carboxylic acids is 1. The van der Waals surface area contributed by atoms with E-state index >= 15 is 0 Å². The summed E-state index contributed by atoms with van der Waals surface area (Å²) in [7, 11) is 0. The van der Waals surface area contributed by atoms with Crippen LogP contribution >= 0.6 is 0 Å². The Hall–Kier alpha value is -1.59. The van der Waals surface area contributed by atoms with Crippen molar-refractivity contribution in [2.75, 3.05) is 18.0 Å². The molecular weight excluding hydrogens is 306 g/mol. The van der Waals surface area contributed by atoms with E-state index in [9.17, 15) is 9.90 Å². The number of carboxylic acid groups (broad SMARTS) is 1. The van der Waals surface area contributed by atoms with Gasteiger partial charge in [-0.3, -0.25) is 4.79 Å². The topological polar surface area (TPSA) is 79.5 Å². The van der Waals surface area contributed by atoms with Gasteiger partial charge in [0.15, 0.2) is 0 Å². The van der Waals surface area contributed by atoms with Gasteiger partial charge in [-0.25, -0.2) is 0 Å². The maximum Gasteiger partial charge on any atom is 0.304 e. The van der Waals surface area contributed by atoms with E-state index < -0.39 is 5.97 Å². The molecular formula is C18H29N3O3. The zero-order chi connectivity index (χ0) is 16.8. The van der Waals surface area contributed by atoms with Gasteiger partial charge in [0.1, 0.15) is 0 Å². The van der Waals surface area contributed by atoms with Gasteiger partial charge in [-0.2, -0.15) is 4.98 Å². The van der Waals surface area contributed by atoms with Crippen molar-refractivity contribution < 1.29 is 14.4 Å². The van der Waals surface area contributed by atoms with Crippen molar-refractivity contribution in [3.63, 3.8) is 0 Å². The second-order valence-corrected chi connectivity index (χ2v) is 7.36. The van der Waals surface area contributed by atoms with Gasteiger partial charge in [0.05, 0.1) is 6.42 Å². The van der Waals surface area contributed by atoms with E-state index in [0.29, 0.717) is 11.8 Å². The Morgan fingerprint density at radius 3 is 2.67 bits per heavy atom. The first kappa shape index (κ1) is 17.2. The van der Waals surface area contributed by atoms with E-state index in [-0.39, 0.29) is 12.3 Å². The number of hydrogen-bond acceptors (Lipinski definition) is 5. The lowest BCUT2D eigenvalue weighted by Crippen LogP contribution is -2.19. The van der Waals surface area contributed by atoms with Gasteiger partial charge in [-0.05, 0) is 30.3 Å². The highest BCUT2D eigenvalue weighted by atomic mass is 16.5. The van der Waals surface area contributed by atoms with Gasteiger partial charge in [0.2, 0.25) is 5.89 Å². The average molecular weight is 335 g/mol. The third-order valence-electron chi connectivity index (χ3n) is 5.48. The van der Waals surface area contributed by atoms with Crippen molar-refractivity contribution in [1.29, 1.82) is 0 Å². The predicted molar refractivity (Wildman–Crippen MR) is 91.2 cm³/mol. The average Bonchev–Trinajstić information content (AvgIpc) is 3.26. The van der Waals surface area contributed by atoms with Gasteiger partial charge < -0.3 is 14.5 Å². The van der Waals surface area contributed by atoms with Gasteiger partial charge in [0.25, 0.3) is 5.95 Å². The molecule has 2 fully saturated rings. The Labute approximate surface area is 143 Å². The van der Waals surface area contributed by atoms with E-state index in [1.165, 1.54) is 38.5 Å². The summed E-state index contributed by atoms with van der Waals surface area (Å²) in [6, 6.07) is 0. The van der Waals surface area contributed by atoms with Crippen molar-refractivity contribution in [2.45, 2.75) is 76.5 Å². The molecule has 1 saturated heterocycles. The van der Waals surface area contributed by atoms with Crippen LogP contribution in [-0.4, -0.2) is 34.3 Å². The lowest BCUT2D eigenvalue weighted by molar-refractivity contribution is -0.137. The Morgan fingerprint density at radius 2 is 1.96 bits per heavy atom. The van der Waals surface area contributed by atoms with Crippen molar-refractivity contribution in [3.05, 3.63) is 5.89 Å². The van der Waals surface area contributed by atoms with Crippen molar-refractivity contribution in [3.8, 4) is 0 Å². The highest BCUT2D eigenvalue weighted by Gasteiger charge is 2.25. The van der Waals surface area contributed by atoms with Crippen LogP contribution in [0.1, 0.15) is 82.4 Å². The van der Waals surface area contributed by atoms with Crippen LogP contribution in [0.3, 0.4) is 0 Å². The molecule has 0 amide bonds. The predicted octanol–water partition coefficient (Wildman–Crippen LogP) is 3.98. The summed E-state index contributed by atoms with van der Waals surface area (Å²) < 4.78 is 5.42. The Balaban J connectivity index is 1.55. The molecule has 2 heterocycles. The molecule has 134 valence electrons. The molecule has 0 radical (unpaired) electrons. The minimum absolute atomic E-state index is 0.0757. The number of carbonyl (C=O) groups is 1. The van der Waals surface area contributed by atoms with Gasteiger partial charge in [-0.15, -0.1) is 0 Å². The molecule has 2 aliphatic rings. The van der Waals surface area contributed by atoms with E-state index in [1.54, 1.807) is 0 Å². The van der Waals surface area contributed by atoms with Gasteiger partial charge in [0, 0.05) is 19.0 Å². The molecule has 0 aromatic carbocycles. The van der Waals surface area contributed by atoms with E-state index in [2.05, 4.69) is 15.0 Å². The summed E-state index contributed by atoms with van der Waals surface area (Å²) in [6.45, 7) is 1.93. The first-order valence-electron chi connectivity index (χ1n) is 9.52. The third-order valence-corrected chi connectivity index (χ3v) is 5.48. The molecule has 0 unspecified atom stereocenters. The number of anilines is 1. The monoisotopic (exact) mass is 335 g/mol. The Kier molecular flexibility index (Phi) is 6.10. The van der Waals surface area contributed by atoms with Crippen molar-refractivity contribution >= 4 is 11.9 Å².